The van der Waals surface area contributed by atoms with Crippen molar-refractivity contribution in [2.75, 3.05) is 5.32 Å². The van der Waals surface area contributed by atoms with Crippen LogP contribution in [0.2, 0.25) is 0 Å². The zero-order valence-corrected chi connectivity index (χ0v) is 11.7. The number of anilines is 2. The van der Waals surface area contributed by atoms with Gasteiger partial charge in [-0.1, -0.05) is 17.8 Å². The Morgan fingerprint density at radius 3 is 3.14 bits per heavy atom. The molecule has 4 N–H and O–H groups in total. The molecule has 0 amide bonds. The van der Waals surface area contributed by atoms with E-state index in [1.54, 1.807) is 30.3 Å². The molecule has 1 aliphatic heterocycles. The number of nitrogens with two attached hydrogens (primary N) is 1. The number of nitrogens with zero attached hydrogens (tertiary/aromatic N) is 4. The molecule has 1 aliphatic rings. The molecule has 7 nitrogen and oxygen atoms in total. The summed E-state index contributed by atoms with van der Waals surface area (Å²) in [6.07, 6.45) is 5.05. The number of nitrogens with one attached hydrogen (secondary N) is 2. The minimum atomic E-state index is 0.105. The van der Waals surface area contributed by atoms with Crippen LogP contribution < -0.4 is 16.4 Å². The van der Waals surface area contributed by atoms with Gasteiger partial charge in [0.25, 0.3) is 0 Å². The minimum absolute atomic E-state index is 0.105. The molecule has 0 fully saturated rings. The third kappa shape index (κ3) is 2.88. The lowest BCUT2D eigenvalue weighted by atomic mass is 10.2. The summed E-state index contributed by atoms with van der Waals surface area (Å²) in [7, 11) is 0. The van der Waals surface area contributed by atoms with Crippen LogP contribution in [0.1, 0.15) is 5.56 Å². The van der Waals surface area contributed by atoms with Gasteiger partial charge in [-0.05, 0) is 17.7 Å². The van der Waals surface area contributed by atoms with Crippen LogP contribution in [0.4, 0.5) is 11.5 Å². The Hall–Kier alpha value is -2.79. The highest BCUT2D eigenvalue weighted by atomic mass is 32.2. The lowest BCUT2D eigenvalue weighted by molar-refractivity contribution is 1.02. The molecule has 1 aromatic carbocycles. The molecule has 0 aliphatic carbocycles. The zero-order valence-electron chi connectivity index (χ0n) is 10.9. The molecule has 21 heavy (non-hydrogen) atoms. The molecule has 0 saturated heterocycles. The highest BCUT2D eigenvalue weighted by molar-refractivity contribution is 7.99. The van der Waals surface area contributed by atoms with E-state index in [2.05, 4.69) is 25.6 Å². The Labute approximate surface area is 125 Å². The summed E-state index contributed by atoms with van der Waals surface area (Å²) >= 11 is 1.57. The molecule has 0 radical (unpaired) electrons. The molecule has 2 aromatic rings. The fourth-order valence-corrected chi connectivity index (χ4v) is 2.73. The van der Waals surface area contributed by atoms with Crippen LogP contribution in [0.5, 0.6) is 0 Å². The SMILES string of the molecule is N#CNC(N)=NCc1ccc2c(c1)Nc1nccnc1S2. The molecule has 2 heterocycles. The standard InChI is InChI=1S/C13H11N7S/c14-7-19-13(15)18-6-8-1-2-10-9(5-8)20-11-12(21-10)17-4-3-16-11/h1-5H,6H2,(H,16,20)(H3,15,18,19). The predicted molar refractivity (Wildman–Crippen MR) is 80.0 cm³/mol. The summed E-state index contributed by atoms with van der Waals surface area (Å²) < 4.78 is 0. The molecular formula is C13H11N7S. The first-order valence-electron chi connectivity index (χ1n) is 6.10. The number of rotatable bonds is 2. The first-order valence-corrected chi connectivity index (χ1v) is 6.92. The van der Waals surface area contributed by atoms with Crippen molar-refractivity contribution in [3.05, 3.63) is 36.2 Å². The Morgan fingerprint density at radius 1 is 1.43 bits per heavy atom. The monoisotopic (exact) mass is 297 g/mol. The molecular weight excluding hydrogens is 286 g/mol. The van der Waals surface area contributed by atoms with Crippen molar-refractivity contribution in [3.8, 4) is 6.19 Å². The summed E-state index contributed by atoms with van der Waals surface area (Å²) in [5.41, 5.74) is 7.46. The summed E-state index contributed by atoms with van der Waals surface area (Å²) in [5.74, 6) is 0.857. The molecule has 0 spiro atoms. The van der Waals surface area contributed by atoms with E-state index in [-0.39, 0.29) is 5.96 Å². The van der Waals surface area contributed by atoms with Crippen molar-refractivity contribution in [3.63, 3.8) is 0 Å². The van der Waals surface area contributed by atoms with Gasteiger partial charge in [-0.25, -0.2) is 15.0 Å². The van der Waals surface area contributed by atoms with Gasteiger partial charge in [0.15, 0.2) is 12.0 Å². The Morgan fingerprint density at radius 2 is 2.29 bits per heavy atom. The lowest BCUT2D eigenvalue weighted by Crippen LogP contribution is -2.27. The maximum atomic E-state index is 8.44. The largest absolute Gasteiger partial charge is 0.369 e. The van der Waals surface area contributed by atoms with E-state index in [0.717, 1.165) is 27.0 Å². The van der Waals surface area contributed by atoms with Crippen LogP contribution >= 0.6 is 11.8 Å². The van der Waals surface area contributed by atoms with E-state index in [1.165, 1.54) is 0 Å². The van der Waals surface area contributed by atoms with Crippen LogP contribution in [0, 0.1) is 11.5 Å². The first-order chi connectivity index (χ1) is 10.3. The number of hydrogen-bond donors (Lipinski definition) is 3. The van der Waals surface area contributed by atoms with Crippen molar-refractivity contribution >= 4 is 29.2 Å². The number of guanidine groups is 1. The fourth-order valence-electron chi connectivity index (χ4n) is 1.85. The van der Waals surface area contributed by atoms with Gasteiger partial charge in [-0.3, -0.25) is 5.32 Å². The van der Waals surface area contributed by atoms with E-state index < -0.39 is 0 Å². The number of fused-ring (bicyclic) bond motifs is 2. The second-order valence-corrected chi connectivity index (χ2v) is 5.24. The average Bonchev–Trinajstić information content (AvgIpc) is 2.51. The van der Waals surface area contributed by atoms with Crippen LogP contribution in [-0.2, 0) is 6.54 Å². The maximum absolute atomic E-state index is 8.44. The zero-order chi connectivity index (χ0) is 14.7. The summed E-state index contributed by atoms with van der Waals surface area (Å²) in [5, 5.41) is 14.8. The molecule has 3 rings (SSSR count). The van der Waals surface area contributed by atoms with Crippen molar-refractivity contribution in [1.29, 1.82) is 5.26 Å². The molecule has 0 bridgehead atoms. The number of aromatic nitrogens is 2. The second kappa shape index (κ2) is 5.68. The van der Waals surface area contributed by atoms with Gasteiger partial charge in [0.2, 0.25) is 5.96 Å². The highest BCUT2D eigenvalue weighted by Crippen LogP contribution is 2.41. The van der Waals surface area contributed by atoms with Gasteiger partial charge in [-0.15, -0.1) is 0 Å². The lowest BCUT2D eigenvalue weighted by Gasteiger charge is -2.19. The predicted octanol–water partition coefficient (Wildman–Crippen LogP) is 1.57. The van der Waals surface area contributed by atoms with E-state index in [1.807, 2.05) is 18.2 Å². The summed E-state index contributed by atoms with van der Waals surface area (Å²) in [6, 6.07) is 5.96. The van der Waals surface area contributed by atoms with Gasteiger partial charge in [0, 0.05) is 17.3 Å². The molecule has 1 aromatic heterocycles. The van der Waals surface area contributed by atoms with Gasteiger partial charge in [0.1, 0.15) is 5.03 Å². The Kier molecular flexibility index (Phi) is 3.57. The Bertz CT molecular complexity index is 750. The van der Waals surface area contributed by atoms with E-state index in [0.29, 0.717) is 6.54 Å². The van der Waals surface area contributed by atoms with Crippen LogP contribution in [-0.4, -0.2) is 15.9 Å². The third-order valence-electron chi connectivity index (χ3n) is 2.78. The minimum Gasteiger partial charge on any atom is -0.369 e. The third-order valence-corrected chi connectivity index (χ3v) is 3.85. The second-order valence-electron chi connectivity index (χ2n) is 4.21. The van der Waals surface area contributed by atoms with Gasteiger partial charge >= 0.3 is 0 Å². The molecule has 104 valence electrons. The van der Waals surface area contributed by atoms with Crippen LogP contribution in [0.15, 0.2) is 45.5 Å². The molecule has 0 unspecified atom stereocenters. The van der Waals surface area contributed by atoms with Crippen molar-refractivity contribution in [2.45, 2.75) is 16.5 Å². The van der Waals surface area contributed by atoms with E-state index in [4.69, 9.17) is 11.0 Å². The fraction of sp³-hybridized carbons (Fsp3) is 0.0769. The number of hydrogen-bond acceptors (Lipinski definition) is 6. The quantitative estimate of drug-likeness (QED) is 0.285. The smallest absolute Gasteiger partial charge is 0.202 e. The van der Waals surface area contributed by atoms with Crippen LogP contribution in [0.25, 0.3) is 0 Å². The van der Waals surface area contributed by atoms with Crippen molar-refractivity contribution in [2.24, 2.45) is 10.7 Å². The first kappa shape index (κ1) is 13.2. The Balaban J connectivity index is 1.81. The number of benzene rings is 1. The van der Waals surface area contributed by atoms with Gasteiger partial charge in [-0.2, -0.15) is 5.26 Å². The van der Waals surface area contributed by atoms with Crippen LogP contribution in [0.3, 0.4) is 0 Å². The van der Waals surface area contributed by atoms with Crippen molar-refractivity contribution < 1.29 is 0 Å². The van der Waals surface area contributed by atoms with Crippen molar-refractivity contribution in [1.82, 2.24) is 15.3 Å². The maximum Gasteiger partial charge on any atom is 0.202 e. The summed E-state index contributed by atoms with van der Waals surface area (Å²) in [6.45, 7) is 0.396. The van der Waals surface area contributed by atoms with Gasteiger partial charge < -0.3 is 11.1 Å². The summed E-state index contributed by atoms with van der Waals surface area (Å²) in [4.78, 5) is 13.7. The number of aliphatic imine (C=N–C) groups is 1. The molecule has 0 atom stereocenters. The normalized spacial score (nSPS) is 12.6. The highest BCUT2D eigenvalue weighted by Gasteiger charge is 2.17. The topological polar surface area (TPSA) is 112 Å². The average molecular weight is 297 g/mol. The number of nitriles is 1. The van der Waals surface area contributed by atoms with E-state index in [9.17, 15) is 0 Å². The molecule has 8 heteroatoms. The molecule has 0 saturated carbocycles. The van der Waals surface area contributed by atoms with Gasteiger partial charge in [0.05, 0.1) is 12.2 Å². The van der Waals surface area contributed by atoms with E-state index >= 15 is 0 Å².